The third-order valence-corrected chi connectivity index (χ3v) is 7.99. The Kier molecular flexibility index (Phi) is 7.60. The predicted molar refractivity (Wildman–Crippen MR) is 144 cm³/mol. The number of ether oxygens (including phenoxy) is 1. The number of carbonyl (C=O) groups is 1. The number of hydrogen-bond acceptors (Lipinski definition) is 4. The summed E-state index contributed by atoms with van der Waals surface area (Å²) in [6, 6.07) is 16.9. The molecule has 0 unspecified atom stereocenters. The summed E-state index contributed by atoms with van der Waals surface area (Å²) in [6.45, 7) is 7.58. The van der Waals surface area contributed by atoms with Crippen LogP contribution in [-0.2, 0) is 27.6 Å². The number of halogens is 2. The van der Waals surface area contributed by atoms with E-state index in [2.05, 4.69) is 5.32 Å². The van der Waals surface area contributed by atoms with Gasteiger partial charge in [-0.05, 0) is 74.9 Å². The minimum atomic E-state index is -3.31. The fourth-order valence-corrected chi connectivity index (χ4v) is 5.22. The van der Waals surface area contributed by atoms with E-state index in [0.29, 0.717) is 12.1 Å². The van der Waals surface area contributed by atoms with Crippen LogP contribution in [0, 0.1) is 18.6 Å². The molecule has 0 aliphatic rings. The molecule has 1 heterocycles. The van der Waals surface area contributed by atoms with Crippen molar-refractivity contribution in [3.05, 3.63) is 89.6 Å². The molecule has 0 saturated heterocycles. The summed E-state index contributed by atoms with van der Waals surface area (Å²) in [5.41, 5.74) is 1.91. The minimum Gasteiger partial charge on any atom is -0.483 e. The van der Waals surface area contributed by atoms with Crippen LogP contribution >= 0.6 is 0 Å². The summed E-state index contributed by atoms with van der Waals surface area (Å²) in [7, 11) is -3.31. The first kappa shape index (κ1) is 27.3. The predicted octanol–water partition coefficient (Wildman–Crippen LogP) is 6.06. The van der Waals surface area contributed by atoms with Crippen molar-refractivity contribution < 1.29 is 26.7 Å². The van der Waals surface area contributed by atoms with E-state index < -0.39 is 21.3 Å². The van der Waals surface area contributed by atoms with Gasteiger partial charge in [0.2, 0.25) is 5.91 Å². The van der Waals surface area contributed by atoms with Crippen LogP contribution in [0.1, 0.15) is 32.0 Å². The number of aryl methyl sites for hydroxylation is 1. The van der Waals surface area contributed by atoms with E-state index in [9.17, 15) is 22.0 Å². The number of anilines is 1. The van der Waals surface area contributed by atoms with E-state index in [0.717, 1.165) is 16.6 Å². The molecule has 0 spiro atoms. The lowest BCUT2D eigenvalue weighted by Gasteiger charge is -2.28. The summed E-state index contributed by atoms with van der Waals surface area (Å²) in [5.74, 6) is -1.25. The molecule has 9 heteroatoms. The van der Waals surface area contributed by atoms with Crippen LogP contribution in [0.4, 0.5) is 14.5 Å². The Morgan fingerprint density at radius 1 is 1.00 bits per heavy atom. The van der Waals surface area contributed by atoms with E-state index in [-0.39, 0.29) is 40.2 Å². The highest BCUT2D eigenvalue weighted by atomic mass is 32.2. The van der Waals surface area contributed by atoms with E-state index in [1.54, 1.807) is 31.2 Å². The number of amides is 1. The molecule has 1 aromatic heterocycles. The van der Waals surface area contributed by atoms with E-state index in [4.69, 9.17) is 4.74 Å². The van der Waals surface area contributed by atoms with Crippen LogP contribution in [-0.4, -0.2) is 30.2 Å². The summed E-state index contributed by atoms with van der Waals surface area (Å²) in [6.07, 6.45) is 0.00737. The molecule has 4 aromatic rings. The SMILES string of the molecule is CCS(=O)(=O)c1ccc(CC(=O)Nc2ccc(OC(C)(C)Cn3c(C)cc4cc(F)ccc43)c(F)c2)cc1. The van der Waals surface area contributed by atoms with Gasteiger partial charge in [0.1, 0.15) is 11.4 Å². The van der Waals surface area contributed by atoms with Crippen LogP contribution in [0.2, 0.25) is 0 Å². The highest BCUT2D eigenvalue weighted by Gasteiger charge is 2.24. The number of fused-ring (bicyclic) bond motifs is 1. The van der Waals surface area contributed by atoms with Gasteiger partial charge in [0.15, 0.2) is 21.4 Å². The van der Waals surface area contributed by atoms with Crippen molar-refractivity contribution in [2.75, 3.05) is 11.1 Å². The molecule has 0 bridgehead atoms. The first-order valence-corrected chi connectivity index (χ1v) is 13.9. The lowest BCUT2D eigenvalue weighted by Crippen LogP contribution is -2.34. The lowest BCUT2D eigenvalue weighted by atomic mass is 10.1. The summed E-state index contributed by atoms with van der Waals surface area (Å²) < 4.78 is 60.4. The molecule has 0 aliphatic heterocycles. The van der Waals surface area contributed by atoms with Crippen molar-refractivity contribution in [1.82, 2.24) is 4.57 Å². The standard InChI is InChI=1S/C29H30F2N2O4S/c1-5-38(35,36)24-10-6-20(7-11-24)15-28(34)32-23-9-13-27(25(31)17-23)37-29(3,4)18-33-19(2)14-21-16-22(30)8-12-26(21)33/h6-14,16-17H,5,15,18H2,1-4H3,(H,32,34). The molecular weight excluding hydrogens is 510 g/mol. The van der Waals surface area contributed by atoms with E-state index in [1.165, 1.54) is 36.4 Å². The van der Waals surface area contributed by atoms with Crippen molar-refractivity contribution in [2.45, 2.75) is 51.2 Å². The second-order valence-electron chi connectivity index (χ2n) is 9.85. The van der Waals surface area contributed by atoms with Gasteiger partial charge in [-0.1, -0.05) is 19.1 Å². The van der Waals surface area contributed by atoms with Crippen molar-refractivity contribution in [3.8, 4) is 5.75 Å². The Bertz CT molecular complexity index is 1590. The molecule has 0 fully saturated rings. The van der Waals surface area contributed by atoms with Crippen molar-refractivity contribution in [1.29, 1.82) is 0 Å². The van der Waals surface area contributed by atoms with Crippen molar-refractivity contribution >= 4 is 32.3 Å². The third-order valence-electron chi connectivity index (χ3n) is 6.24. The topological polar surface area (TPSA) is 77.4 Å². The minimum absolute atomic E-state index is 0.000579. The quantitative estimate of drug-likeness (QED) is 0.280. The highest BCUT2D eigenvalue weighted by Crippen LogP contribution is 2.28. The van der Waals surface area contributed by atoms with Gasteiger partial charge >= 0.3 is 0 Å². The number of rotatable bonds is 9. The van der Waals surface area contributed by atoms with Gasteiger partial charge in [-0.2, -0.15) is 0 Å². The number of nitrogens with one attached hydrogen (secondary N) is 1. The van der Waals surface area contributed by atoms with E-state index >= 15 is 0 Å². The zero-order chi connectivity index (χ0) is 27.7. The Morgan fingerprint density at radius 2 is 1.71 bits per heavy atom. The molecule has 0 aliphatic carbocycles. The molecular formula is C29H30F2N2O4S. The molecule has 1 N–H and O–H groups in total. The van der Waals surface area contributed by atoms with Gasteiger partial charge < -0.3 is 14.6 Å². The average Bonchev–Trinajstić information content (AvgIpc) is 3.14. The Hall–Kier alpha value is -3.72. The van der Waals surface area contributed by atoms with Crippen LogP contribution in [0.5, 0.6) is 5.75 Å². The second-order valence-corrected chi connectivity index (χ2v) is 12.1. The molecule has 4 rings (SSSR count). The molecule has 0 atom stereocenters. The third kappa shape index (κ3) is 6.22. The zero-order valence-corrected chi connectivity index (χ0v) is 22.5. The smallest absolute Gasteiger partial charge is 0.228 e. The fraction of sp³-hybridized carbons (Fsp3) is 0.276. The summed E-state index contributed by atoms with van der Waals surface area (Å²) >= 11 is 0. The van der Waals surface area contributed by atoms with Gasteiger partial charge in [-0.15, -0.1) is 0 Å². The number of hydrogen-bond donors (Lipinski definition) is 1. The van der Waals surface area contributed by atoms with Crippen LogP contribution in [0.15, 0.2) is 71.6 Å². The summed E-state index contributed by atoms with van der Waals surface area (Å²) in [4.78, 5) is 12.7. The second kappa shape index (κ2) is 10.6. The number of benzene rings is 3. The molecule has 0 saturated carbocycles. The first-order valence-electron chi connectivity index (χ1n) is 12.2. The maximum absolute atomic E-state index is 14.9. The maximum Gasteiger partial charge on any atom is 0.228 e. The van der Waals surface area contributed by atoms with E-state index in [1.807, 2.05) is 31.4 Å². The van der Waals surface area contributed by atoms with Gasteiger partial charge in [0, 0.05) is 28.4 Å². The summed E-state index contributed by atoms with van der Waals surface area (Å²) in [5, 5.41) is 3.44. The fourth-order valence-electron chi connectivity index (χ4n) is 4.33. The number of carbonyl (C=O) groups excluding carboxylic acids is 1. The van der Waals surface area contributed by atoms with Crippen LogP contribution in [0.3, 0.4) is 0 Å². The van der Waals surface area contributed by atoms with Gasteiger partial charge in [0.05, 0.1) is 23.6 Å². The first-order chi connectivity index (χ1) is 17.9. The normalized spacial score (nSPS) is 12.1. The number of sulfone groups is 1. The Labute approximate surface area is 221 Å². The largest absolute Gasteiger partial charge is 0.483 e. The zero-order valence-electron chi connectivity index (χ0n) is 21.7. The molecule has 3 aromatic carbocycles. The molecule has 6 nitrogen and oxygen atoms in total. The Balaban J connectivity index is 1.41. The van der Waals surface area contributed by atoms with Gasteiger partial charge in [-0.3, -0.25) is 4.79 Å². The number of nitrogens with zero attached hydrogens (tertiary/aromatic N) is 1. The van der Waals surface area contributed by atoms with Gasteiger partial charge in [0.25, 0.3) is 0 Å². The average molecular weight is 541 g/mol. The molecule has 1 amide bonds. The van der Waals surface area contributed by atoms with Gasteiger partial charge in [-0.25, -0.2) is 17.2 Å². The molecule has 38 heavy (non-hydrogen) atoms. The molecule has 200 valence electrons. The van der Waals surface area contributed by atoms with Crippen molar-refractivity contribution in [3.63, 3.8) is 0 Å². The lowest BCUT2D eigenvalue weighted by molar-refractivity contribution is -0.115. The monoisotopic (exact) mass is 540 g/mol. The number of aromatic nitrogens is 1. The highest BCUT2D eigenvalue weighted by molar-refractivity contribution is 7.91. The molecule has 0 radical (unpaired) electrons. The van der Waals surface area contributed by atoms with Crippen molar-refractivity contribution in [2.24, 2.45) is 0 Å². The maximum atomic E-state index is 14.9. The van der Waals surface area contributed by atoms with Crippen LogP contribution < -0.4 is 10.1 Å². The van der Waals surface area contributed by atoms with Crippen LogP contribution in [0.25, 0.3) is 10.9 Å². The Morgan fingerprint density at radius 3 is 2.37 bits per heavy atom.